The van der Waals surface area contributed by atoms with Crippen LogP contribution in [0.25, 0.3) is 0 Å². The van der Waals surface area contributed by atoms with Gasteiger partial charge in [-0.3, -0.25) is 0 Å². The van der Waals surface area contributed by atoms with E-state index in [9.17, 15) is 8.42 Å². The molecule has 0 amide bonds. The summed E-state index contributed by atoms with van der Waals surface area (Å²) in [5.41, 5.74) is 0. The van der Waals surface area contributed by atoms with E-state index in [0.717, 1.165) is 0 Å². The van der Waals surface area contributed by atoms with Gasteiger partial charge in [0.2, 0.25) is 10.0 Å². The van der Waals surface area contributed by atoms with Crippen molar-refractivity contribution >= 4 is 10.0 Å². The van der Waals surface area contributed by atoms with Crippen LogP contribution in [0.3, 0.4) is 0 Å². The summed E-state index contributed by atoms with van der Waals surface area (Å²) in [7, 11) is -1.97. The van der Waals surface area contributed by atoms with Crippen LogP contribution in [0.5, 0.6) is 0 Å². The zero-order valence-electron chi connectivity index (χ0n) is 9.01. The Labute approximate surface area is 90.7 Å². The number of rotatable bonds is 4. The first-order valence-electron chi connectivity index (χ1n) is 4.98. The number of ether oxygens (including phenoxy) is 1. The maximum atomic E-state index is 11.9. The fourth-order valence-corrected chi connectivity index (χ4v) is 3.12. The van der Waals surface area contributed by atoms with Crippen LogP contribution in [0.1, 0.15) is 19.8 Å². The van der Waals surface area contributed by atoms with Crippen molar-refractivity contribution in [2.75, 3.05) is 20.3 Å². The van der Waals surface area contributed by atoms with Crippen LogP contribution in [-0.2, 0) is 14.8 Å². The zero-order valence-corrected chi connectivity index (χ0v) is 9.83. The highest BCUT2D eigenvalue weighted by molar-refractivity contribution is 7.90. The molecule has 0 aromatic heterocycles. The Kier molecular flexibility index (Phi) is 4.08. The van der Waals surface area contributed by atoms with Gasteiger partial charge in [-0.1, -0.05) is 6.92 Å². The molecule has 2 unspecified atom stereocenters. The van der Waals surface area contributed by atoms with Crippen molar-refractivity contribution in [2.24, 2.45) is 0 Å². The van der Waals surface area contributed by atoms with Gasteiger partial charge in [0.25, 0.3) is 0 Å². The van der Waals surface area contributed by atoms with Crippen LogP contribution in [-0.4, -0.2) is 44.3 Å². The number of nitrogens with zero attached hydrogens (tertiary/aromatic N) is 2. The monoisotopic (exact) mass is 232 g/mol. The lowest BCUT2D eigenvalue weighted by atomic mass is 10.3. The van der Waals surface area contributed by atoms with Gasteiger partial charge in [0.05, 0.1) is 18.7 Å². The standard InChI is InChI=1S/C9H16N2O3S/c1-3-9(6-10)15(12,13)11(2)8-4-5-14-7-8/h8-9H,3-5,7H2,1-2H3. The molecule has 1 rings (SSSR count). The molecule has 0 N–H and O–H groups in total. The molecule has 1 fully saturated rings. The number of nitriles is 1. The SMILES string of the molecule is CCC(C#N)S(=O)(=O)N(C)C1CCOC1. The average Bonchev–Trinajstić information content (AvgIpc) is 2.70. The summed E-state index contributed by atoms with van der Waals surface area (Å²) in [4.78, 5) is 0. The summed E-state index contributed by atoms with van der Waals surface area (Å²) < 4.78 is 30.3. The minimum atomic E-state index is -3.49. The second-order valence-electron chi connectivity index (χ2n) is 3.60. The fraction of sp³-hybridized carbons (Fsp3) is 0.889. The molecule has 1 saturated heterocycles. The zero-order chi connectivity index (χ0) is 11.5. The Bertz CT molecular complexity index is 341. The predicted octanol–water partition coefficient (Wildman–Crippen LogP) is 0.339. The van der Waals surface area contributed by atoms with E-state index in [1.54, 1.807) is 6.92 Å². The molecular formula is C9H16N2O3S. The normalized spacial score (nSPS) is 24.0. The molecule has 0 aromatic rings. The van der Waals surface area contributed by atoms with Gasteiger partial charge in [-0.2, -0.15) is 9.57 Å². The van der Waals surface area contributed by atoms with Crippen LogP contribution in [0.2, 0.25) is 0 Å². The van der Waals surface area contributed by atoms with Crippen LogP contribution in [0.4, 0.5) is 0 Å². The maximum absolute atomic E-state index is 11.9. The molecule has 0 aromatic carbocycles. The Morgan fingerprint density at radius 2 is 2.33 bits per heavy atom. The van der Waals surface area contributed by atoms with E-state index >= 15 is 0 Å². The maximum Gasteiger partial charge on any atom is 0.230 e. The van der Waals surface area contributed by atoms with Gasteiger partial charge in [-0.25, -0.2) is 8.42 Å². The minimum Gasteiger partial charge on any atom is -0.380 e. The van der Waals surface area contributed by atoms with Crippen molar-refractivity contribution in [1.82, 2.24) is 4.31 Å². The van der Waals surface area contributed by atoms with E-state index < -0.39 is 15.3 Å². The number of hydrogen-bond acceptors (Lipinski definition) is 4. The quantitative estimate of drug-likeness (QED) is 0.700. The smallest absolute Gasteiger partial charge is 0.230 e. The van der Waals surface area contributed by atoms with E-state index in [1.165, 1.54) is 11.4 Å². The largest absolute Gasteiger partial charge is 0.380 e. The van der Waals surface area contributed by atoms with E-state index in [-0.39, 0.29) is 6.04 Å². The van der Waals surface area contributed by atoms with Crippen LogP contribution >= 0.6 is 0 Å². The summed E-state index contributed by atoms with van der Waals surface area (Å²) in [6, 6.07) is 1.71. The van der Waals surface area contributed by atoms with Crippen LogP contribution in [0.15, 0.2) is 0 Å². The molecule has 0 saturated carbocycles. The molecule has 0 bridgehead atoms. The van der Waals surface area contributed by atoms with Gasteiger partial charge in [-0.15, -0.1) is 0 Å². The lowest BCUT2D eigenvalue weighted by Crippen LogP contribution is -2.42. The first-order valence-corrected chi connectivity index (χ1v) is 6.48. The second-order valence-corrected chi connectivity index (χ2v) is 5.78. The summed E-state index contributed by atoms with van der Waals surface area (Å²) >= 11 is 0. The first kappa shape index (κ1) is 12.4. The van der Waals surface area contributed by atoms with Crippen molar-refractivity contribution < 1.29 is 13.2 Å². The molecule has 1 aliphatic rings. The topological polar surface area (TPSA) is 70.4 Å². The van der Waals surface area contributed by atoms with E-state index in [1.807, 2.05) is 6.07 Å². The van der Waals surface area contributed by atoms with Crippen LogP contribution < -0.4 is 0 Å². The molecule has 5 nitrogen and oxygen atoms in total. The Balaban J connectivity index is 2.81. The molecule has 6 heteroatoms. The van der Waals surface area contributed by atoms with Crippen molar-refractivity contribution in [2.45, 2.75) is 31.1 Å². The highest BCUT2D eigenvalue weighted by Gasteiger charge is 2.34. The van der Waals surface area contributed by atoms with Crippen molar-refractivity contribution in [3.05, 3.63) is 0 Å². The van der Waals surface area contributed by atoms with Gasteiger partial charge in [0.1, 0.15) is 0 Å². The molecule has 86 valence electrons. The van der Waals surface area contributed by atoms with E-state index in [0.29, 0.717) is 26.1 Å². The molecule has 2 atom stereocenters. The highest BCUT2D eigenvalue weighted by atomic mass is 32.2. The predicted molar refractivity (Wildman–Crippen MR) is 55.6 cm³/mol. The van der Waals surface area contributed by atoms with E-state index in [2.05, 4.69) is 0 Å². The van der Waals surface area contributed by atoms with Gasteiger partial charge in [-0.05, 0) is 12.8 Å². The van der Waals surface area contributed by atoms with Gasteiger partial charge in [0, 0.05) is 13.7 Å². The number of hydrogen-bond donors (Lipinski definition) is 0. The molecule has 1 aliphatic heterocycles. The molecule has 15 heavy (non-hydrogen) atoms. The van der Waals surface area contributed by atoms with Gasteiger partial charge in [0.15, 0.2) is 5.25 Å². The average molecular weight is 232 g/mol. The van der Waals surface area contributed by atoms with Crippen molar-refractivity contribution in [3.63, 3.8) is 0 Å². The molecule has 0 radical (unpaired) electrons. The molecule has 1 heterocycles. The lowest BCUT2D eigenvalue weighted by Gasteiger charge is -2.24. The first-order chi connectivity index (χ1) is 7.04. The third kappa shape index (κ3) is 2.48. The Morgan fingerprint density at radius 3 is 2.73 bits per heavy atom. The van der Waals surface area contributed by atoms with Crippen LogP contribution in [0, 0.1) is 11.3 Å². The fourth-order valence-electron chi connectivity index (χ4n) is 1.59. The molecule has 0 spiro atoms. The number of likely N-dealkylation sites (N-methyl/N-ethyl adjacent to an activating group) is 1. The third-order valence-corrected chi connectivity index (χ3v) is 4.95. The molecule has 0 aliphatic carbocycles. The highest BCUT2D eigenvalue weighted by Crippen LogP contribution is 2.18. The van der Waals surface area contributed by atoms with Gasteiger partial charge >= 0.3 is 0 Å². The Hall–Kier alpha value is -0.640. The second kappa shape index (κ2) is 4.92. The van der Waals surface area contributed by atoms with Crippen molar-refractivity contribution in [1.29, 1.82) is 5.26 Å². The minimum absolute atomic E-state index is 0.114. The number of sulfonamides is 1. The summed E-state index contributed by atoms with van der Waals surface area (Å²) in [5, 5.41) is 7.82. The van der Waals surface area contributed by atoms with Crippen molar-refractivity contribution in [3.8, 4) is 6.07 Å². The summed E-state index contributed by atoms with van der Waals surface area (Å²) in [5.74, 6) is 0. The third-order valence-electron chi connectivity index (χ3n) is 2.70. The van der Waals surface area contributed by atoms with Gasteiger partial charge < -0.3 is 4.74 Å². The van der Waals surface area contributed by atoms with E-state index in [4.69, 9.17) is 10.00 Å². The summed E-state index contributed by atoms with van der Waals surface area (Å²) in [6.07, 6.45) is 1.02. The molecular weight excluding hydrogens is 216 g/mol. The lowest BCUT2D eigenvalue weighted by molar-refractivity contribution is 0.180. The summed E-state index contributed by atoms with van der Waals surface area (Å²) in [6.45, 7) is 2.72. The Morgan fingerprint density at radius 1 is 1.67 bits per heavy atom.